The number of hydrogen-bond donors (Lipinski definition) is 2. The number of para-hydroxylation sites is 1. The topological polar surface area (TPSA) is 80.5 Å². The van der Waals surface area contributed by atoms with Crippen molar-refractivity contribution < 1.29 is 0 Å². The van der Waals surface area contributed by atoms with Gasteiger partial charge in [-0.15, -0.1) is 11.3 Å². The highest BCUT2D eigenvalue weighted by atomic mass is 32.1. The van der Waals surface area contributed by atoms with Crippen molar-refractivity contribution in [1.29, 1.82) is 0 Å². The lowest BCUT2D eigenvalue weighted by Gasteiger charge is -2.34. The zero-order valence-corrected chi connectivity index (χ0v) is 18.2. The summed E-state index contributed by atoms with van der Waals surface area (Å²) in [5.74, 6) is 1.76. The Morgan fingerprint density at radius 2 is 1.76 bits per heavy atom. The molecular weight excluding hydrogens is 378 g/mol. The van der Waals surface area contributed by atoms with Crippen molar-refractivity contribution in [1.82, 2.24) is 9.88 Å². The molecule has 0 aliphatic heterocycles. The highest BCUT2D eigenvalue weighted by Gasteiger charge is 2.26. The van der Waals surface area contributed by atoms with E-state index in [4.69, 9.17) is 16.5 Å². The summed E-state index contributed by atoms with van der Waals surface area (Å²) >= 11 is 1.85. The van der Waals surface area contributed by atoms with Crippen molar-refractivity contribution >= 4 is 27.5 Å². The summed E-state index contributed by atoms with van der Waals surface area (Å²) in [6.45, 7) is 3.32. The number of nitrogens with two attached hydrogens (primary N) is 2. The minimum atomic E-state index is 0.240. The van der Waals surface area contributed by atoms with Gasteiger partial charge in [-0.3, -0.25) is 9.89 Å². The van der Waals surface area contributed by atoms with Gasteiger partial charge in [-0.25, -0.2) is 4.98 Å². The molecule has 158 valence electrons. The molecule has 1 aromatic carbocycles. The van der Waals surface area contributed by atoms with Crippen LogP contribution in [0.1, 0.15) is 62.8 Å². The molecule has 29 heavy (non-hydrogen) atoms. The maximum Gasteiger partial charge on any atom is 0.186 e. The summed E-state index contributed by atoms with van der Waals surface area (Å²) in [6, 6.07) is 8.80. The Hall–Kier alpha value is -1.66. The molecule has 2 fully saturated rings. The van der Waals surface area contributed by atoms with Crippen LogP contribution in [0.2, 0.25) is 0 Å². The van der Waals surface area contributed by atoms with Crippen LogP contribution in [0.4, 0.5) is 0 Å². The van der Waals surface area contributed by atoms with Gasteiger partial charge in [0.1, 0.15) is 5.01 Å². The lowest BCUT2D eigenvalue weighted by molar-refractivity contribution is 0.149. The van der Waals surface area contributed by atoms with Crippen LogP contribution in [0.3, 0.4) is 0 Å². The first-order chi connectivity index (χ1) is 14.2. The summed E-state index contributed by atoms with van der Waals surface area (Å²) in [7, 11) is 0. The van der Waals surface area contributed by atoms with Crippen LogP contribution >= 0.6 is 11.3 Å². The lowest BCUT2D eigenvalue weighted by Crippen LogP contribution is -2.37. The van der Waals surface area contributed by atoms with Gasteiger partial charge in [0.05, 0.1) is 22.8 Å². The minimum absolute atomic E-state index is 0.240. The lowest BCUT2D eigenvalue weighted by atomic mass is 9.84. The van der Waals surface area contributed by atoms with Gasteiger partial charge in [-0.05, 0) is 56.1 Å². The molecular formula is C23H35N5S. The molecule has 2 aliphatic rings. The fourth-order valence-corrected chi connectivity index (χ4v) is 6.25. The summed E-state index contributed by atoms with van der Waals surface area (Å²) in [4.78, 5) is 12.1. The molecule has 0 spiro atoms. The first kappa shape index (κ1) is 20.6. The zero-order chi connectivity index (χ0) is 20.1. The molecule has 2 saturated carbocycles. The van der Waals surface area contributed by atoms with Crippen molar-refractivity contribution in [2.75, 3.05) is 13.1 Å². The van der Waals surface area contributed by atoms with E-state index >= 15 is 0 Å². The molecule has 6 heteroatoms. The molecule has 0 amide bonds. The number of thiazole rings is 1. The number of benzene rings is 1. The smallest absolute Gasteiger partial charge is 0.186 e. The monoisotopic (exact) mass is 413 g/mol. The van der Waals surface area contributed by atoms with E-state index in [1.807, 2.05) is 11.3 Å². The third-order valence-corrected chi connectivity index (χ3v) is 7.56. The number of aromatic nitrogens is 1. The van der Waals surface area contributed by atoms with Crippen LogP contribution in [-0.2, 0) is 6.54 Å². The number of guanidine groups is 1. The number of aliphatic imine (C=N–C) groups is 1. The van der Waals surface area contributed by atoms with Gasteiger partial charge in [0.25, 0.3) is 0 Å². The molecule has 0 saturated heterocycles. The number of rotatable bonds is 7. The van der Waals surface area contributed by atoms with Gasteiger partial charge in [0.2, 0.25) is 0 Å². The first-order valence-electron chi connectivity index (χ1n) is 11.3. The second-order valence-corrected chi connectivity index (χ2v) is 10.1. The molecule has 4 N–H and O–H groups in total. The van der Waals surface area contributed by atoms with E-state index in [0.29, 0.717) is 12.0 Å². The molecule has 2 atom stereocenters. The van der Waals surface area contributed by atoms with Crippen molar-refractivity contribution in [3.8, 4) is 0 Å². The predicted octanol–water partition coefficient (Wildman–Crippen LogP) is 4.51. The molecule has 2 unspecified atom stereocenters. The zero-order valence-electron chi connectivity index (χ0n) is 17.4. The minimum Gasteiger partial charge on any atom is -0.370 e. The number of fused-ring (bicyclic) bond motifs is 1. The molecule has 2 aromatic rings. The van der Waals surface area contributed by atoms with Gasteiger partial charge >= 0.3 is 0 Å². The third-order valence-electron chi connectivity index (χ3n) is 6.54. The molecule has 1 aromatic heterocycles. The average molecular weight is 414 g/mol. The summed E-state index contributed by atoms with van der Waals surface area (Å²) < 4.78 is 1.30. The Balaban J connectivity index is 1.44. The third kappa shape index (κ3) is 5.92. The largest absolute Gasteiger partial charge is 0.370 e. The van der Waals surface area contributed by atoms with E-state index in [2.05, 4.69) is 34.2 Å². The van der Waals surface area contributed by atoms with E-state index in [0.717, 1.165) is 37.4 Å². The fourth-order valence-electron chi connectivity index (χ4n) is 5.24. The molecule has 1 heterocycles. The normalized spacial score (nSPS) is 23.5. The van der Waals surface area contributed by atoms with Crippen LogP contribution in [0.5, 0.6) is 0 Å². The predicted molar refractivity (Wildman–Crippen MR) is 123 cm³/mol. The van der Waals surface area contributed by atoms with Gasteiger partial charge in [-0.2, -0.15) is 0 Å². The van der Waals surface area contributed by atoms with Crippen molar-refractivity contribution in [3.05, 3.63) is 29.3 Å². The summed E-state index contributed by atoms with van der Waals surface area (Å²) in [6.07, 6.45) is 11.7. The van der Waals surface area contributed by atoms with Gasteiger partial charge < -0.3 is 11.5 Å². The molecule has 5 nitrogen and oxygen atoms in total. The Kier molecular flexibility index (Phi) is 7.03. The number of nitrogens with zero attached hydrogens (tertiary/aromatic N) is 3. The maximum atomic E-state index is 5.64. The van der Waals surface area contributed by atoms with Crippen LogP contribution in [0.25, 0.3) is 10.2 Å². The number of hydrogen-bond acceptors (Lipinski definition) is 4. The van der Waals surface area contributed by atoms with E-state index in [-0.39, 0.29) is 5.96 Å². The van der Waals surface area contributed by atoms with E-state index < -0.39 is 0 Å². The average Bonchev–Trinajstić information content (AvgIpc) is 3.11. The highest BCUT2D eigenvalue weighted by Crippen LogP contribution is 2.31. The SMILES string of the molecule is NC(N)=NC1CCCC(CN(Cc2nc3ccccc3s2)CC2CCCCC2)C1. The Morgan fingerprint density at radius 3 is 2.55 bits per heavy atom. The molecule has 2 aliphatic carbocycles. The second-order valence-electron chi connectivity index (χ2n) is 9.01. The highest BCUT2D eigenvalue weighted by molar-refractivity contribution is 7.18. The van der Waals surface area contributed by atoms with Crippen molar-refractivity contribution in [2.24, 2.45) is 28.3 Å². The fraction of sp³-hybridized carbons (Fsp3) is 0.652. The van der Waals surface area contributed by atoms with Crippen LogP contribution in [0.15, 0.2) is 29.3 Å². The molecule has 0 radical (unpaired) electrons. The van der Waals surface area contributed by atoms with Gasteiger partial charge in [0, 0.05) is 13.1 Å². The van der Waals surface area contributed by atoms with Crippen molar-refractivity contribution in [2.45, 2.75) is 70.4 Å². The van der Waals surface area contributed by atoms with Gasteiger partial charge in [-0.1, -0.05) is 37.8 Å². The first-order valence-corrected chi connectivity index (χ1v) is 12.1. The van der Waals surface area contributed by atoms with E-state index in [1.54, 1.807) is 0 Å². The van der Waals surface area contributed by atoms with E-state index in [1.165, 1.54) is 61.2 Å². The maximum absolute atomic E-state index is 5.64. The Morgan fingerprint density at radius 1 is 1.00 bits per heavy atom. The van der Waals surface area contributed by atoms with Gasteiger partial charge in [0.15, 0.2) is 5.96 Å². The Labute approximate surface area is 178 Å². The van der Waals surface area contributed by atoms with E-state index in [9.17, 15) is 0 Å². The molecule has 4 rings (SSSR count). The second kappa shape index (κ2) is 9.90. The quantitative estimate of drug-likeness (QED) is 0.517. The summed E-state index contributed by atoms with van der Waals surface area (Å²) in [5.41, 5.74) is 12.4. The molecule has 0 bridgehead atoms. The van der Waals surface area contributed by atoms with Crippen LogP contribution < -0.4 is 11.5 Å². The van der Waals surface area contributed by atoms with Crippen molar-refractivity contribution in [3.63, 3.8) is 0 Å². The van der Waals surface area contributed by atoms with Crippen LogP contribution in [-0.4, -0.2) is 35.0 Å². The standard InChI is InChI=1S/C23H35N5S/c24-23(25)26-19-10-6-9-18(13-19)15-28(14-17-7-2-1-3-8-17)16-22-27-20-11-4-5-12-21(20)29-22/h4-5,11-12,17-19H,1-3,6-10,13-16H2,(H4,24,25,26). The van der Waals surface area contributed by atoms with Crippen LogP contribution in [0, 0.1) is 11.8 Å². The summed E-state index contributed by atoms with van der Waals surface area (Å²) in [5, 5.41) is 1.25. The Bertz CT molecular complexity index is 773.